The van der Waals surface area contributed by atoms with E-state index in [0.717, 1.165) is 26.6 Å². The molecule has 2 rings (SSSR count). The number of hydrogen-bond acceptors (Lipinski definition) is 6. The van der Waals surface area contributed by atoms with Crippen LogP contribution in [0.25, 0.3) is 6.08 Å². The Bertz CT molecular complexity index is 1040. The van der Waals surface area contributed by atoms with Crippen molar-refractivity contribution in [1.82, 2.24) is 25.2 Å². The minimum atomic E-state index is -0.582. The summed E-state index contributed by atoms with van der Waals surface area (Å²) < 4.78 is 1.93. The molecule has 10 heteroatoms. The van der Waals surface area contributed by atoms with E-state index in [1.807, 2.05) is 24.3 Å². The van der Waals surface area contributed by atoms with Gasteiger partial charge in [-0.15, -0.1) is 0 Å². The summed E-state index contributed by atoms with van der Waals surface area (Å²) in [6, 6.07) is 7.82. The Labute approximate surface area is 171 Å². The lowest BCUT2D eigenvalue weighted by molar-refractivity contribution is -0.125. The van der Waals surface area contributed by atoms with Crippen molar-refractivity contribution in [2.45, 2.75) is 24.8 Å². The molecule has 0 saturated heterocycles. The first kappa shape index (κ1) is 22.2. The Balaban J connectivity index is 1.84. The number of rotatable bonds is 6. The summed E-state index contributed by atoms with van der Waals surface area (Å²) in [6.07, 6.45) is 2.94. The van der Waals surface area contributed by atoms with Gasteiger partial charge in [0.05, 0.1) is 5.75 Å². The molecule has 9 nitrogen and oxygen atoms in total. The van der Waals surface area contributed by atoms with Crippen molar-refractivity contribution in [3.8, 4) is 0 Å². The van der Waals surface area contributed by atoms with Gasteiger partial charge in [0.2, 0.25) is 5.91 Å². The number of hydrazine groups is 1. The third-order valence-corrected chi connectivity index (χ3v) is 4.92. The molecule has 154 valence electrons. The molecule has 1 aromatic carbocycles. The van der Waals surface area contributed by atoms with Gasteiger partial charge in [0.25, 0.3) is 11.5 Å². The molecular formula is C19H23N5O4S. The van der Waals surface area contributed by atoms with Gasteiger partial charge < -0.3 is 0 Å². The van der Waals surface area contributed by atoms with Gasteiger partial charge in [-0.3, -0.25) is 29.8 Å². The summed E-state index contributed by atoms with van der Waals surface area (Å²) in [6.45, 7) is 4.21. The van der Waals surface area contributed by atoms with Crippen LogP contribution in [-0.4, -0.2) is 31.9 Å². The van der Waals surface area contributed by atoms with Crippen LogP contribution >= 0.6 is 11.8 Å². The van der Waals surface area contributed by atoms with Crippen molar-refractivity contribution in [3.05, 3.63) is 62.3 Å². The fourth-order valence-electron chi connectivity index (χ4n) is 2.27. The number of thioether (sulfide) groups is 1. The SMILES string of the molecule is CC(C)c1ccc(/C=C/C(=O)NNC(=O)CSc2nn(C)c(=O)n(C)c2=O)cc1. The summed E-state index contributed by atoms with van der Waals surface area (Å²) in [4.78, 5) is 47.2. The smallest absolute Gasteiger partial charge is 0.272 e. The van der Waals surface area contributed by atoms with E-state index in [4.69, 9.17) is 0 Å². The molecule has 1 heterocycles. The number of nitrogens with zero attached hydrogens (tertiary/aromatic N) is 3. The summed E-state index contributed by atoms with van der Waals surface area (Å²) in [5, 5.41) is 3.85. The highest BCUT2D eigenvalue weighted by molar-refractivity contribution is 7.99. The van der Waals surface area contributed by atoms with E-state index in [-0.39, 0.29) is 10.8 Å². The molecule has 1 aromatic heterocycles. The number of carbonyl (C=O) groups is 2. The van der Waals surface area contributed by atoms with E-state index in [0.29, 0.717) is 5.92 Å². The number of nitrogens with one attached hydrogen (secondary N) is 2. The topological polar surface area (TPSA) is 115 Å². The van der Waals surface area contributed by atoms with Crippen molar-refractivity contribution in [2.75, 3.05) is 5.75 Å². The third-order valence-electron chi connectivity index (χ3n) is 3.99. The lowest BCUT2D eigenvalue weighted by atomic mass is 10.0. The highest BCUT2D eigenvalue weighted by Crippen LogP contribution is 2.15. The average Bonchev–Trinajstić information content (AvgIpc) is 2.71. The zero-order valence-electron chi connectivity index (χ0n) is 16.6. The van der Waals surface area contributed by atoms with Gasteiger partial charge in [-0.1, -0.05) is 49.9 Å². The van der Waals surface area contributed by atoms with Gasteiger partial charge in [0.1, 0.15) is 0 Å². The molecule has 0 fully saturated rings. The average molecular weight is 417 g/mol. The number of aryl methyl sites for hydroxylation is 1. The molecule has 0 unspecified atom stereocenters. The third kappa shape index (κ3) is 6.18. The molecule has 0 saturated carbocycles. The lowest BCUT2D eigenvalue weighted by Crippen LogP contribution is -2.42. The van der Waals surface area contributed by atoms with Gasteiger partial charge in [-0.2, -0.15) is 5.10 Å². The zero-order chi connectivity index (χ0) is 21.6. The molecule has 29 heavy (non-hydrogen) atoms. The molecule has 0 bridgehead atoms. The summed E-state index contributed by atoms with van der Waals surface area (Å²) in [7, 11) is 2.74. The molecule has 0 aliphatic heterocycles. The standard InChI is InChI=1S/C19H23N5O4S/c1-12(2)14-8-5-13(6-9-14)7-10-15(25)20-21-16(26)11-29-17-18(27)23(3)19(28)24(4)22-17/h5-10,12H,11H2,1-4H3,(H,20,25)(H,21,26)/b10-7+. The number of amides is 2. The molecule has 2 N–H and O–H groups in total. The highest BCUT2D eigenvalue weighted by Gasteiger charge is 2.12. The van der Waals surface area contributed by atoms with E-state index < -0.39 is 23.1 Å². The van der Waals surface area contributed by atoms with Crippen LogP contribution in [0.4, 0.5) is 0 Å². The largest absolute Gasteiger partial charge is 0.346 e. The summed E-state index contributed by atoms with van der Waals surface area (Å²) in [5.41, 5.74) is 5.46. The van der Waals surface area contributed by atoms with Gasteiger partial charge in [-0.25, -0.2) is 9.48 Å². The van der Waals surface area contributed by atoms with E-state index in [1.165, 1.54) is 25.7 Å². The Morgan fingerprint density at radius 2 is 1.79 bits per heavy atom. The molecular weight excluding hydrogens is 394 g/mol. The number of benzene rings is 1. The minimum Gasteiger partial charge on any atom is -0.272 e. The van der Waals surface area contributed by atoms with Crippen molar-refractivity contribution < 1.29 is 9.59 Å². The van der Waals surface area contributed by atoms with Crippen LogP contribution in [-0.2, 0) is 23.7 Å². The van der Waals surface area contributed by atoms with Gasteiger partial charge in [-0.05, 0) is 23.1 Å². The summed E-state index contributed by atoms with van der Waals surface area (Å²) >= 11 is 0.872. The molecule has 0 spiro atoms. The van der Waals surface area contributed by atoms with Crippen LogP contribution in [0.2, 0.25) is 0 Å². The molecule has 2 aromatic rings. The molecule has 0 aliphatic carbocycles. The van der Waals surface area contributed by atoms with Crippen LogP contribution < -0.4 is 22.1 Å². The normalized spacial score (nSPS) is 11.1. The predicted octanol–water partition coefficient (Wildman–Crippen LogP) is 0.555. The molecule has 2 amide bonds. The molecule has 0 atom stereocenters. The van der Waals surface area contributed by atoms with E-state index >= 15 is 0 Å². The van der Waals surface area contributed by atoms with E-state index in [1.54, 1.807) is 6.08 Å². The van der Waals surface area contributed by atoms with Gasteiger partial charge >= 0.3 is 5.69 Å². The first-order chi connectivity index (χ1) is 13.7. The summed E-state index contributed by atoms with van der Waals surface area (Å²) in [5.74, 6) is -0.732. The maximum atomic E-state index is 12.0. The zero-order valence-corrected chi connectivity index (χ0v) is 17.4. The number of hydrogen-bond donors (Lipinski definition) is 2. The quantitative estimate of drug-likeness (QED) is 0.403. The maximum absolute atomic E-state index is 12.0. The molecule has 0 aliphatic rings. The van der Waals surface area contributed by atoms with E-state index in [9.17, 15) is 19.2 Å². The van der Waals surface area contributed by atoms with Crippen LogP contribution in [0.5, 0.6) is 0 Å². The van der Waals surface area contributed by atoms with Crippen molar-refractivity contribution in [1.29, 1.82) is 0 Å². The van der Waals surface area contributed by atoms with E-state index in [2.05, 4.69) is 29.8 Å². The first-order valence-corrected chi connectivity index (χ1v) is 9.81. The van der Waals surface area contributed by atoms with Crippen LogP contribution in [0.3, 0.4) is 0 Å². The second-order valence-corrected chi connectivity index (χ2v) is 7.52. The Kier molecular flexibility index (Phi) is 7.54. The second-order valence-electron chi connectivity index (χ2n) is 6.56. The van der Waals surface area contributed by atoms with Crippen LogP contribution in [0.1, 0.15) is 30.9 Å². The van der Waals surface area contributed by atoms with Crippen LogP contribution in [0, 0.1) is 0 Å². The number of aromatic nitrogens is 3. The van der Waals surface area contributed by atoms with Crippen molar-refractivity contribution in [3.63, 3.8) is 0 Å². The van der Waals surface area contributed by atoms with Gasteiger partial charge in [0.15, 0.2) is 5.03 Å². The fourth-order valence-corrected chi connectivity index (χ4v) is 3.05. The monoisotopic (exact) mass is 417 g/mol. The maximum Gasteiger partial charge on any atom is 0.346 e. The predicted molar refractivity (Wildman–Crippen MR) is 111 cm³/mol. The second kappa shape index (κ2) is 9.87. The molecule has 0 radical (unpaired) electrons. The number of carbonyl (C=O) groups excluding carboxylic acids is 2. The highest BCUT2D eigenvalue weighted by atomic mass is 32.2. The first-order valence-electron chi connectivity index (χ1n) is 8.83. The Morgan fingerprint density at radius 1 is 1.14 bits per heavy atom. The van der Waals surface area contributed by atoms with Crippen molar-refractivity contribution >= 4 is 29.7 Å². The van der Waals surface area contributed by atoms with Crippen LogP contribution in [0.15, 0.2) is 45.0 Å². The minimum absolute atomic E-state index is 0.0146. The lowest BCUT2D eigenvalue weighted by Gasteiger charge is -2.06. The van der Waals surface area contributed by atoms with Crippen molar-refractivity contribution in [2.24, 2.45) is 14.1 Å². The fraction of sp³-hybridized carbons (Fsp3) is 0.316. The van der Waals surface area contributed by atoms with Gasteiger partial charge in [0, 0.05) is 20.2 Å². The Hall–Kier alpha value is -3.14. The Morgan fingerprint density at radius 3 is 2.41 bits per heavy atom.